The van der Waals surface area contributed by atoms with Crippen LogP contribution in [0.1, 0.15) is 30.8 Å². The first kappa shape index (κ1) is 14.0. The fraction of sp³-hybridized carbons (Fsp3) is 0.400. The minimum atomic E-state index is -2.60. The molecular formula is C15H17F2N3O. The standard InChI is InChI=1S/C15H17F2N3O/c16-15(17)20-8-7-18-14(20)10-21-13-4-2-1-3-11(13)9-19-12-5-6-12/h1-4,7-8,12,15,19H,5-6,9-10H2. The molecule has 4 nitrogen and oxygen atoms in total. The maximum absolute atomic E-state index is 12.7. The Morgan fingerprint density at radius 1 is 1.33 bits per heavy atom. The zero-order valence-electron chi connectivity index (χ0n) is 11.5. The third-order valence-electron chi connectivity index (χ3n) is 3.45. The molecular weight excluding hydrogens is 276 g/mol. The molecule has 0 atom stereocenters. The summed E-state index contributed by atoms with van der Waals surface area (Å²) in [6, 6.07) is 8.24. The molecule has 0 bridgehead atoms. The van der Waals surface area contributed by atoms with Gasteiger partial charge in [0.25, 0.3) is 0 Å². The number of ether oxygens (including phenoxy) is 1. The Balaban J connectivity index is 1.65. The quantitative estimate of drug-likeness (QED) is 0.852. The van der Waals surface area contributed by atoms with Gasteiger partial charge in [0.2, 0.25) is 0 Å². The summed E-state index contributed by atoms with van der Waals surface area (Å²) in [7, 11) is 0. The van der Waals surface area contributed by atoms with E-state index >= 15 is 0 Å². The Kier molecular flexibility index (Phi) is 4.15. The molecule has 0 radical (unpaired) electrons. The molecule has 1 saturated carbocycles. The Bertz CT molecular complexity index is 596. The first-order valence-corrected chi connectivity index (χ1v) is 6.98. The molecule has 1 aliphatic rings. The number of alkyl halides is 2. The largest absolute Gasteiger partial charge is 0.485 e. The van der Waals surface area contributed by atoms with E-state index in [0.29, 0.717) is 11.8 Å². The van der Waals surface area contributed by atoms with Crippen LogP contribution in [0.25, 0.3) is 0 Å². The number of nitrogens with zero attached hydrogens (tertiary/aromatic N) is 2. The number of benzene rings is 1. The molecule has 0 unspecified atom stereocenters. The summed E-state index contributed by atoms with van der Waals surface area (Å²) >= 11 is 0. The van der Waals surface area contributed by atoms with E-state index in [1.807, 2.05) is 24.3 Å². The monoisotopic (exact) mass is 293 g/mol. The number of hydrogen-bond acceptors (Lipinski definition) is 3. The molecule has 1 N–H and O–H groups in total. The first-order valence-electron chi connectivity index (χ1n) is 6.98. The van der Waals surface area contributed by atoms with Crippen molar-refractivity contribution in [2.45, 2.75) is 38.6 Å². The molecule has 0 spiro atoms. The van der Waals surface area contributed by atoms with Crippen molar-refractivity contribution in [3.8, 4) is 5.75 Å². The van der Waals surface area contributed by atoms with Gasteiger partial charge in [0.15, 0.2) is 5.82 Å². The van der Waals surface area contributed by atoms with Gasteiger partial charge in [-0.15, -0.1) is 0 Å². The number of para-hydroxylation sites is 1. The molecule has 1 heterocycles. The molecule has 1 aliphatic carbocycles. The predicted molar refractivity (Wildman–Crippen MR) is 74.1 cm³/mol. The predicted octanol–water partition coefficient (Wildman–Crippen LogP) is 3.11. The van der Waals surface area contributed by atoms with Crippen LogP contribution < -0.4 is 10.1 Å². The lowest BCUT2D eigenvalue weighted by Crippen LogP contribution is -2.16. The number of halogens is 2. The molecule has 2 aromatic rings. The molecule has 1 fully saturated rings. The van der Waals surface area contributed by atoms with Gasteiger partial charge in [0, 0.05) is 30.5 Å². The zero-order chi connectivity index (χ0) is 14.7. The van der Waals surface area contributed by atoms with E-state index in [1.54, 1.807) is 0 Å². The topological polar surface area (TPSA) is 39.1 Å². The smallest absolute Gasteiger partial charge is 0.320 e. The summed E-state index contributed by atoms with van der Waals surface area (Å²) in [5.41, 5.74) is 1.03. The van der Waals surface area contributed by atoms with Crippen molar-refractivity contribution in [1.29, 1.82) is 0 Å². The van der Waals surface area contributed by atoms with Crippen LogP contribution in [0.2, 0.25) is 0 Å². The van der Waals surface area contributed by atoms with Crippen LogP contribution in [0.4, 0.5) is 8.78 Å². The molecule has 21 heavy (non-hydrogen) atoms. The maximum atomic E-state index is 12.7. The van der Waals surface area contributed by atoms with E-state index in [-0.39, 0.29) is 12.4 Å². The second kappa shape index (κ2) is 6.22. The number of aromatic nitrogens is 2. The van der Waals surface area contributed by atoms with Gasteiger partial charge >= 0.3 is 6.55 Å². The lowest BCUT2D eigenvalue weighted by Gasteiger charge is -2.12. The molecule has 0 amide bonds. The number of hydrogen-bond donors (Lipinski definition) is 1. The summed E-state index contributed by atoms with van der Waals surface area (Å²) in [6.07, 6.45) is 5.04. The van der Waals surface area contributed by atoms with Crippen molar-refractivity contribution in [2.75, 3.05) is 0 Å². The minimum Gasteiger partial charge on any atom is -0.485 e. The lowest BCUT2D eigenvalue weighted by molar-refractivity contribution is 0.0632. The summed E-state index contributed by atoms with van der Waals surface area (Å²) < 4.78 is 32.0. The average Bonchev–Trinajstić information content (AvgIpc) is 3.19. The van der Waals surface area contributed by atoms with Gasteiger partial charge in [0.05, 0.1) is 0 Å². The molecule has 6 heteroatoms. The van der Waals surface area contributed by atoms with Crippen molar-refractivity contribution in [1.82, 2.24) is 14.9 Å². The fourth-order valence-corrected chi connectivity index (χ4v) is 2.11. The minimum absolute atomic E-state index is 0.0256. The van der Waals surface area contributed by atoms with Crippen LogP contribution in [0.5, 0.6) is 5.75 Å². The third-order valence-corrected chi connectivity index (χ3v) is 3.45. The second-order valence-electron chi connectivity index (χ2n) is 5.08. The molecule has 1 aromatic carbocycles. The van der Waals surface area contributed by atoms with Gasteiger partial charge in [-0.25, -0.2) is 4.98 Å². The molecule has 112 valence electrons. The molecule has 3 rings (SSSR count). The Hall–Kier alpha value is -1.95. The van der Waals surface area contributed by atoms with Gasteiger partial charge in [-0.2, -0.15) is 8.78 Å². The van der Waals surface area contributed by atoms with Gasteiger partial charge in [-0.3, -0.25) is 4.57 Å². The van der Waals surface area contributed by atoms with Crippen LogP contribution in [-0.4, -0.2) is 15.6 Å². The first-order chi connectivity index (χ1) is 10.2. The summed E-state index contributed by atoms with van der Waals surface area (Å²) in [6.45, 7) is -1.85. The maximum Gasteiger partial charge on any atom is 0.320 e. The van der Waals surface area contributed by atoms with Crippen LogP contribution in [-0.2, 0) is 13.2 Å². The second-order valence-corrected chi connectivity index (χ2v) is 5.08. The molecule has 1 aromatic heterocycles. The highest BCUT2D eigenvalue weighted by Crippen LogP contribution is 2.23. The van der Waals surface area contributed by atoms with Gasteiger partial charge in [0.1, 0.15) is 12.4 Å². The SMILES string of the molecule is FC(F)n1ccnc1COc1ccccc1CNC1CC1. The van der Waals surface area contributed by atoms with Crippen LogP contribution in [0.15, 0.2) is 36.7 Å². The summed E-state index contributed by atoms with van der Waals surface area (Å²) in [5, 5.41) is 3.42. The highest BCUT2D eigenvalue weighted by molar-refractivity contribution is 5.33. The van der Waals surface area contributed by atoms with Crippen molar-refractivity contribution in [3.63, 3.8) is 0 Å². The van der Waals surface area contributed by atoms with Gasteiger partial charge < -0.3 is 10.1 Å². The zero-order valence-corrected chi connectivity index (χ0v) is 11.5. The number of imidazole rings is 1. The normalized spacial score (nSPS) is 14.6. The van der Waals surface area contributed by atoms with E-state index in [2.05, 4.69) is 10.3 Å². The van der Waals surface area contributed by atoms with Gasteiger partial charge in [-0.1, -0.05) is 18.2 Å². The van der Waals surface area contributed by atoms with Crippen LogP contribution >= 0.6 is 0 Å². The van der Waals surface area contributed by atoms with Crippen molar-refractivity contribution in [3.05, 3.63) is 48.0 Å². The highest BCUT2D eigenvalue weighted by atomic mass is 19.3. The van der Waals surface area contributed by atoms with E-state index in [0.717, 1.165) is 16.7 Å². The summed E-state index contributed by atoms with van der Waals surface area (Å²) in [4.78, 5) is 3.91. The van der Waals surface area contributed by atoms with E-state index in [4.69, 9.17) is 4.74 Å². The Morgan fingerprint density at radius 3 is 2.90 bits per heavy atom. The van der Waals surface area contributed by atoms with Gasteiger partial charge in [-0.05, 0) is 18.9 Å². The summed E-state index contributed by atoms with van der Waals surface area (Å²) in [5.74, 6) is 0.921. The van der Waals surface area contributed by atoms with Crippen LogP contribution in [0.3, 0.4) is 0 Å². The van der Waals surface area contributed by atoms with E-state index in [1.165, 1.54) is 25.2 Å². The van der Waals surface area contributed by atoms with E-state index < -0.39 is 6.55 Å². The average molecular weight is 293 g/mol. The van der Waals surface area contributed by atoms with Crippen molar-refractivity contribution in [2.24, 2.45) is 0 Å². The van der Waals surface area contributed by atoms with E-state index in [9.17, 15) is 8.78 Å². The number of rotatable bonds is 7. The Morgan fingerprint density at radius 2 is 2.14 bits per heavy atom. The van der Waals surface area contributed by atoms with Crippen molar-refractivity contribution >= 4 is 0 Å². The van der Waals surface area contributed by atoms with Crippen LogP contribution in [0, 0.1) is 0 Å². The molecule has 0 aliphatic heterocycles. The third kappa shape index (κ3) is 3.58. The Labute approximate surface area is 121 Å². The fourth-order valence-electron chi connectivity index (χ4n) is 2.11. The van der Waals surface area contributed by atoms with Crippen molar-refractivity contribution < 1.29 is 13.5 Å². The number of nitrogens with one attached hydrogen (secondary N) is 1. The molecule has 0 saturated heterocycles. The highest BCUT2D eigenvalue weighted by Gasteiger charge is 2.20. The lowest BCUT2D eigenvalue weighted by atomic mass is 10.2.